The molecule has 0 spiro atoms. The van der Waals surface area contributed by atoms with E-state index in [0.29, 0.717) is 5.69 Å². The van der Waals surface area contributed by atoms with E-state index in [0.717, 1.165) is 29.4 Å². The minimum absolute atomic E-state index is 0.269. The van der Waals surface area contributed by atoms with Gasteiger partial charge in [0.05, 0.1) is 16.6 Å². The zero-order valence-corrected chi connectivity index (χ0v) is 16.0. The molecule has 0 bridgehead atoms. The molecule has 0 unspecified atom stereocenters. The van der Waals surface area contributed by atoms with Crippen LogP contribution < -0.4 is 4.90 Å². The molecule has 0 saturated heterocycles. The van der Waals surface area contributed by atoms with Gasteiger partial charge in [0.2, 0.25) is 0 Å². The van der Waals surface area contributed by atoms with Crippen LogP contribution in [0.5, 0.6) is 0 Å². The Morgan fingerprint density at radius 2 is 1.86 bits per heavy atom. The minimum atomic E-state index is -3.88. The van der Waals surface area contributed by atoms with Crippen molar-refractivity contribution in [3.63, 3.8) is 0 Å². The lowest BCUT2D eigenvalue weighted by Crippen LogP contribution is -2.35. The molecule has 0 heterocycles. The van der Waals surface area contributed by atoms with E-state index in [9.17, 15) is 28.1 Å². The zero-order chi connectivity index (χ0) is 21.6. The van der Waals surface area contributed by atoms with E-state index in [4.69, 9.17) is 10.00 Å². The Labute approximate surface area is 166 Å². The average molecular weight is 417 g/mol. The van der Waals surface area contributed by atoms with E-state index in [-0.39, 0.29) is 12.1 Å². The number of benzene rings is 2. The molecule has 2 aromatic rings. The maximum absolute atomic E-state index is 12.3. The van der Waals surface area contributed by atoms with Gasteiger partial charge in [-0.1, -0.05) is 18.2 Å². The van der Waals surface area contributed by atoms with Crippen LogP contribution in [-0.2, 0) is 19.4 Å². The number of esters is 1. The molecule has 29 heavy (non-hydrogen) atoms. The average Bonchev–Trinajstić information content (AvgIpc) is 2.69. The number of nitrogens with zero attached hydrogens (tertiary/aromatic N) is 3. The fourth-order valence-electron chi connectivity index (χ4n) is 2.39. The Balaban J connectivity index is 2.18. The second-order valence-corrected chi connectivity index (χ2v) is 7.75. The van der Waals surface area contributed by atoms with Crippen LogP contribution in [0.25, 0.3) is 0 Å². The standard InChI is InChI=1S/C18H15N3O7S/c1-29(26,27)16-8-7-13(11-15(16)21(24)25)18(23)28-12-17(22)20(10-9-19)14-5-3-2-4-6-14/h2-8,11H,10,12H2,1H3. The zero-order valence-electron chi connectivity index (χ0n) is 15.1. The maximum Gasteiger partial charge on any atom is 0.338 e. The van der Waals surface area contributed by atoms with E-state index < -0.39 is 43.8 Å². The molecule has 11 heteroatoms. The molecule has 0 radical (unpaired) electrons. The van der Waals surface area contributed by atoms with Gasteiger partial charge >= 0.3 is 5.97 Å². The predicted molar refractivity (Wildman–Crippen MR) is 101 cm³/mol. The fourth-order valence-corrected chi connectivity index (χ4v) is 3.22. The molecule has 0 aliphatic rings. The van der Waals surface area contributed by atoms with Gasteiger partial charge in [0.1, 0.15) is 11.4 Å². The first-order chi connectivity index (χ1) is 13.6. The Kier molecular flexibility index (Phi) is 6.63. The van der Waals surface area contributed by atoms with Gasteiger partial charge < -0.3 is 4.74 Å². The molecule has 0 aromatic heterocycles. The van der Waals surface area contributed by atoms with Crippen molar-refractivity contribution >= 4 is 33.1 Å². The van der Waals surface area contributed by atoms with Crippen LogP contribution >= 0.6 is 0 Å². The number of rotatable bonds is 7. The van der Waals surface area contributed by atoms with Crippen LogP contribution in [-0.4, -0.2) is 44.6 Å². The van der Waals surface area contributed by atoms with Gasteiger partial charge in [0, 0.05) is 18.0 Å². The first-order valence-corrected chi connectivity index (χ1v) is 9.92. The van der Waals surface area contributed by atoms with Crippen LogP contribution in [0.3, 0.4) is 0 Å². The summed E-state index contributed by atoms with van der Waals surface area (Å²) in [5, 5.41) is 20.0. The highest BCUT2D eigenvalue weighted by molar-refractivity contribution is 7.90. The lowest BCUT2D eigenvalue weighted by atomic mass is 10.2. The van der Waals surface area contributed by atoms with Crippen molar-refractivity contribution in [2.75, 3.05) is 24.3 Å². The Hall–Kier alpha value is -3.78. The summed E-state index contributed by atoms with van der Waals surface area (Å²) in [7, 11) is -3.88. The summed E-state index contributed by atoms with van der Waals surface area (Å²) in [6.07, 6.45) is 0.805. The molecule has 0 N–H and O–H groups in total. The summed E-state index contributed by atoms with van der Waals surface area (Å²) >= 11 is 0. The van der Waals surface area contributed by atoms with Gasteiger partial charge in [-0.15, -0.1) is 0 Å². The molecule has 0 aliphatic heterocycles. The van der Waals surface area contributed by atoms with E-state index in [2.05, 4.69) is 0 Å². The molecular formula is C18H15N3O7S. The third-order valence-electron chi connectivity index (χ3n) is 3.72. The Bertz CT molecular complexity index is 1090. The third-order valence-corrected chi connectivity index (χ3v) is 4.86. The van der Waals surface area contributed by atoms with Gasteiger partial charge in [-0.2, -0.15) is 5.26 Å². The van der Waals surface area contributed by atoms with E-state index in [1.54, 1.807) is 30.3 Å². The minimum Gasteiger partial charge on any atom is -0.452 e. The molecule has 10 nitrogen and oxygen atoms in total. The molecule has 1 amide bonds. The van der Waals surface area contributed by atoms with Crippen molar-refractivity contribution in [2.45, 2.75) is 4.90 Å². The quantitative estimate of drug-likeness (QED) is 0.286. The summed E-state index contributed by atoms with van der Waals surface area (Å²) in [6, 6.07) is 12.9. The molecule has 0 fully saturated rings. The molecular weight excluding hydrogens is 402 g/mol. The molecule has 0 aliphatic carbocycles. The number of hydrogen-bond acceptors (Lipinski definition) is 8. The molecule has 2 rings (SSSR count). The van der Waals surface area contributed by atoms with Crippen LogP contribution in [0, 0.1) is 21.4 Å². The number of carbonyl (C=O) groups excluding carboxylic acids is 2. The summed E-state index contributed by atoms with van der Waals surface area (Å²) < 4.78 is 28.1. The van der Waals surface area contributed by atoms with Crippen molar-refractivity contribution in [3.8, 4) is 6.07 Å². The highest BCUT2D eigenvalue weighted by Gasteiger charge is 2.25. The normalized spacial score (nSPS) is 10.6. The summed E-state index contributed by atoms with van der Waals surface area (Å²) in [6.45, 7) is -0.980. The lowest BCUT2D eigenvalue weighted by molar-refractivity contribution is -0.387. The van der Waals surface area contributed by atoms with Gasteiger partial charge in [0.15, 0.2) is 16.4 Å². The number of hydrogen-bond donors (Lipinski definition) is 0. The molecule has 150 valence electrons. The number of nitro benzene ring substituents is 1. The number of nitriles is 1. The first kappa shape index (κ1) is 21.5. The predicted octanol–water partition coefficient (Wildman–Crippen LogP) is 1.71. The smallest absolute Gasteiger partial charge is 0.338 e. The number of ether oxygens (including phenoxy) is 1. The number of para-hydroxylation sites is 1. The first-order valence-electron chi connectivity index (χ1n) is 8.03. The monoisotopic (exact) mass is 417 g/mol. The number of amides is 1. The Morgan fingerprint density at radius 3 is 2.41 bits per heavy atom. The van der Waals surface area contributed by atoms with E-state index in [1.165, 1.54) is 0 Å². The second kappa shape index (κ2) is 8.94. The second-order valence-electron chi connectivity index (χ2n) is 5.76. The highest BCUT2D eigenvalue weighted by atomic mass is 32.2. The SMILES string of the molecule is CS(=O)(=O)c1ccc(C(=O)OCC(=O)N(CC#N)c2ccccc2)cc1[N+](=O)[O-]. The number of sulfone groups is 1. The fraction of sp³-hybridized carbons (Fsp3) is 0.167. The van der Waals surface area contributed by atoms with Crippen molar-refractivity contribution in [1.29, 1.82) is 5.26 Å². The Morgan fingerprint density at radius 1 is 1.21 bits per heavy atom. The van der Waals surface area contributed by atoms with Crippen molar-refractivity contribution < 1.29 is 27.7 Å². The van der Waals surface area contributed by atoms with E-state index >= 15 is 0 Å². The maximum atomic E-state index is 12.3. The topological polar surface area (TPSA) is 148 Å². The largest absolute Gasteiger partial charge is 0.452 e. The van der Waals surface area contributed by atoms with Gasteiger partial charge in [-0.05, 0) is 24.3 Å². The van der Waals surface area contributed by atoms with Crippen molar-refractivity contribution in [2.24, 2.45) is 0 Å². The molecule has 0 saturated carbocycles. The van der Waals surface area contributed by atoms with Crippen LogP contribution in [0.15, 0.2) is 53.4 Å². The molecule has 2 aromatic carbocycles. The van der Waals surface area contributed by atoms with Crippen LogP contribution in [0.1, 0.15) is 10.4 Å². The lowest BCUT2D eigenvalue weighted by Gasteiger charge is -2.19. The van der Waals surface area contributed by atoms with Crippen LogP contribution in [0.2, 0.25) is 0 Å². The van der Waals surface area contributed by atoms with Crippen LogP contribution in [0.4, 0.5) is 11.4 Å². The number of carbonyl (C=O) groups is 2. The summed E-state index contributed by atoms with van der Waals surface area (Å²) in [5.41, 5.74) is -0.629. The summed E-state index contributed by atoms with van der Waals surface area (Å²) in [4.78, 5) is 35.3. The van der Waals surface area contributed by atoms with Crippen molar-refractivity contribution in [3.05, 3.63) is 64.2 Å². The van der Waals surface area contributed by atoms with Gasteiger partial charge in [0.25, 0.3) is 11.6 Å². The molecule has 0 atom stereocenters. The van der Waals surface area contributed by atoms with E-state index in [1.807, 2.05) is 6.07 Å². The third kappa shape index (κ3) is 5.36. The highest BCUT2D eigenvalue weighted by Crippen LogP contribution is 2.25. The van der Waals surface area contributed by atoms with Gasteiger partial charge in [-0.3, -0.25) is 19.8 Å². The number of anilines is 1. The summed E-state index contributed by atoms with van der Waals surface area (Å²) in [5.74, 6) is -1.72. The van der Waals surface area contributed by atoms with Crippen molar-refractivity contribution in [1.82, 2.24) is 0 Å². The number of nitro groups is 1. The van der Waals surface area contributed by atoms with Gasteiger partial charge in [-0.25, -0.2) is 13.2 Å².